The van der Waals surface area contributed by atoms with Gasteiger partial charge in [0, 0.05) is 30.8 Å². The molecule has 3 aromatic heterocycles. The fraction of sp³-hybridized carbons (Fsp3) is 0.364. The minimum Gasteiger partial charge on any atom is -0.307 e. The highest BCUT2D eigenvalue weighted by atomic mass is 19.3. The zero-order valence-electron chi connectivity index (χ0n) is 16.4. The Kier molecular flexibility index (Phi) is 5.62. The van der Waals surface area contributed by atoms with Crippen molar-refractivity contribution in [3.05, 3.63) is 70.7 Å². The Morgan fingerprint density at radius 3 is 2.59 bits per heavy atom. The molecule has 0 bridgehead atoms. The van der Waals surface area contributed by atoms with E-state index in [1.165, 1.54) is 15.6 Å². The Balaban J connectivity index is 0.00000245. The maximum Gasteiger partial charge on any atom is 0.262 e. The van der Waals surface area contributed by atoms with Gasteiger partial charge >= 0.3 is 0 Å². The molecule has 1 N–H and O–H groups in total. The average Bonchev–Trinajstić information content (AvgIpc) is 3.44. The Morgan fingerprint density at radius 2 is 1.88 bits per heavy atom. The predicted octanol–water partition coefficient (Wildman–Crippen LogP) is 4.75. The van der Waals surface area contributed by atoms with Gasteiger partial charge in [0.2, 0.25) is 5.92 Å². The molecule has 0 radical (unpaired) electrons. The summed E-state index contributed by atoms with van der Waals surface area (Å²) in [7, 11) is 0. The standard InChI is InChI=1S/C21H19F3N6O.CH4/c22-17(14-4-1-2-5-16(14)29-11-3-10-25-29)18-27-19-15(20(31)28-18)12-26-30(19)13-6-8-21(23,24)9-7-13;/h1-5,10-13,17H,6-9H2,(H,27,28,31);1H4. The minimum absolute atomic E-state index is 0. The van der Waals surface area contributed by atoms with Crippen LogP contribution in [0, 0.1) is 0 Å². The Hall–Kier alpha value is -3.43. The van der Waals surface area contributed by atoms with Crippen LogP contribution in [0.4, 0.5) is 13.2 Å². The average molecular weight is 444 g/mol. The summed E-state index contributed by atoms with van der Waals surface area (Å²) < 4.78 is 45.7. The molecule has 1 unspecified atom stereocenters. The van der Waals surface area contributed by atoms with E-state index in [1.54, 1.807) is 42.7 Å². The number of nitrogens with one attached hydrogen (secondary N) is 1. The third-order valence-electron chi connectivity index (χ3n) is 5.72. The Morgan fingerprint density at radius 1 is 1.12 bits per heavy atom. The third-order valence-corrected chi connectivity index (χ3v) is 5.72. The zero-order valence-corrected chi connectivity index (χ0v) is 16.4. The molecule has 0 amide bonds. The summed E-state index contributed by atoms with van der Waals surface area (Å²) in [5.74, 6) is -2.85. The molecule has 1 aromatic carbocycles. The molecule has 10 heteroatoms. The van der Waals surface area contributed by atoms with Gasteiger partial charge in [0.1, 0.15) is 5.39 Å². The first-order valence-electron chi connectivity index (χ1n) is 10.0. The monoisotopic (exact) mass is 444 g/mol. The van der Waals surface area contributed by atoms with Gasteiger partial charge in [0.05, 0.1) is 17.9 Å². The number of H-pyrrole nitrogens is 1. The maximum absolute atomic E-state index is 15.6. The van der Waals surface area contributed by atoms with E-state index in [2.05, 4.69) is 20.2 Å². The molecule has 1 atom stereocenters. The molecule has 1 saturated carbocycles. The Bertz CT molecular complexity index is 1270. The van der Waals surface area contributed by atoms with E-state index in [-0.39, 0.29) is 61.6 Å². The van der Waals surface area contributed by atoms with Gasteiger partial charge in [-0.3, -0.25) is 4.79 Å². The number of aromatic amines is 1. The van der Waals surface area contributed by atoms with Crippen molar-refractivity contribution < 1.29 is 13.2 Å². The van der Waals surface area contributed by atoms with Gasteiger partial charge < -0.3 is 4.98 Å². The predicted molar refractivity (Wildman–Crippen MR) is 114 cm³/mol. The van der Waals surface area contributed by atoms with Crippen molar-refractivity contribution in [3.8, 4) is 5.69 Å². The largest absolute Gasteiger partial charge is 0.307 e. The molecule has 168 valence electrons. The first-order valence-corrected chi connectivity index (χ1v) is 10.0. The molecule has 4 aromatic rings. The molecule has 1 fully saturated rings. The van der Waals surface area contributed by atoms with Crippen molar-refractivity contribution in [1.29, 1.82) is 0 Å². The van der Waals surface area contributed by atoms with Crippen molar-refractivity contribution in [2.75, 3.05) is 0 Å². The number of alkyl halides is 3. The smallest absolute Gasteiger partial charge is 0.262 e. The number of aromatic nitrogens is 6. The quantitative estimate of drug-likeness (QED) is 0.493. The molecule has 7 nitrogen and oxygen atoms in total. The number of benzene rings is 1. The molecule has 0 saturated heterocycles. The number of rotatable bonds is 4. The summed E-state index contributed by atoms with van der Waals surface area (Å²) >= 11 is 0. The van der Waals surface area contributed by atoms with Gasteiger partial charge in [-0.1, -0.05) is 25.6 Å². The van der Waals surface area contributed by atoms with Crippen LogP contribution in [-0.4, -0.2) is 35.5 Å². The molecule has 32 heavy (non-hydrogen) atoms. The number of hydrogen-bond donors (Lipinski definition) is 1. The summed E-state index contributed by atoms with van der Waals surface area (Å²) in [4.78, 5) is 19.5. The normalized spacial score (nSPS) is 17.2. The van der Waals surface area contributed by atoms with Crippen LogP contribution in [-0.2, 0) is 0 Å². The van der Waals surface area contributed by atoms with Crippen LogP contribution in [0.3, 0.4) is 0 Å². The van der Waals surface area contributed by atoms with Gasteiger partial charge in [0.25, 0.3) is 5.56 Å². The first kappa shape index (κ1) is 21.8. The topological polar surface area (TPSA) is 81.4 Å². The van der Waals surface area contributed by atoms with Gasteiger partial charge in [-0.05, 0) is 25.0 Å². The van der Waals surface area contributed by atoms with Crippen molar-refractivity contribution in [3.63, 3.8) is 0 Å². The maximum atomic E-state index is 15.6. The molecule has 1 aliphatic carbocycles. The lowest BCUT2D eigenvalue weighted by atomic mass is 9.92. The van der Waals surface area contributed by atoms with E-state index >= 15 is 4.39 Å². The molecule has 1 aliphatic rings. The summed E-state index contributed by atoms with van der Waals surface area (Å²) in [6.07, 6.45) is 2.83. The summed E-state index contributed by atoms with van der Waals surface area (Å²) in [5.41, 5.74) is 0.489. The summed E-state index contributed by atoms with van der Waals surface area (Å²) in [5, 5.41) is 8.57. The summed E-state index contributed by atoms with van der Waals surface area (Å²) in [6, 6.07) is 8.19. The molecule has 5 rings (SSSR count). The number of halogens is 3. The fourth-order valence-electron chi connectivity index (χ4n) is 4.08. The number of para-hydroxylation sites is 1. The Labute approximate surface area is 181 Å². The van der Waals surface area contributed by atoms with Crippen molar-refractivity contribution >= 4 is 11.0 Å². The lowest BCUT2D eigenvalue weighted by molar-refractivity contribution is -0.0446. The lowest BCUT2D eigenvalue weighted by Crippen LogP contribution is -2.27. The van der Waals surface area contributed by atoms with E-state index in [4.69, 9.17) is 0 Å². The molecule has 3 heterocycles. The lowest BCUT2D eigenvalue weighted by Gasteiger charge is -2.28. The van der Waals surface area contributed by atoms with Crippen LogP contribution in [0.2, 0.25) is 0 Å². The highest BCUT2D eigenvalue weighted by Gasteiger charge is 2.36. The highest BCUT2D eigenvalue weighted by Crippen LogP contribution is 2.39. The second-order valence-corrected chi connectivity index (χ2v) is 7.74. The van der Waals surface area contributed by atoms with Gasteiger partial charge in [0.15, 0.2) is 17.6 Å². The van der Waals surface area contributed by atoms with Gasteiger partial charge in [-0.2, -0.15) is 10.2 Å². The van der Waals surface area contributed by atoms with Crippen LogP contribution < -0.4 is 5.56 Å². The van der Waals surface area contributed by atoms with Crippen molar-refractivity contribution in [1.82, 2.24) is 29.5 Å². The number of nitrogens with zero attached hydrogens (tertiary/aromatic N) is 5. The molecule has 0 aliphatic heterocycles. The van der Waals surface area contributed by atoms with Gasteiger partial charge in [-0.25, -0.2) is 27.5 Å². The van der Waals surface area contributed by atoms with Crippen LogP contribution in [0.15, 0.2) is 53.7 Å². The first-order chi connectivity index (χ1) is 14.9. The highest BCUT2D eigenvalue weighted by molar-refractivity contribution is 5.73. The van der Waals surface area contributed by atoms with Crippen molar-refractivity contribution in [2.45, 2.75) is 51.2 Å². The second kappa shape index (κ2) is 8.25. The fourth-order valence-corrected chi connectivity index (χ4v) is 4.08. The van der Waals surface area contributed by atoms with Gasteiger partial charge in [-0.15, -0.1) is 0 Å². The molecular weight excluding hydrogens is 421 g/mol. The second-order valence-electron chi connectivity index (χ2n) is 7.74. The minimum atomic E-state index is -2.68. The van der Waals surface area contributed by atoms with E-state index in [9.17, 15) is 13.6 Å². The molecular formula is C22H23F3N6O. The van der Waals surface area contributed by atoms with Crippen molar-refractivity contribution in [2.24, 2.45) is 0 Å². The van der Waals surface area contributed by atoms with Crippen LogP contribution in [0.1, 0.15) is 56.7 Å². The van der Waals surface area contributed by atoms with Crippen LogP contribution in [0.25, 0.3) is 16.7 Å². The third kappa shape index (κ3) is 3.80. The number of fused-ring (bicyclic) bond motifs is 1. The SMILES string of the molecule is C.O=c1[nH]c(C(F)c2ccccc2-n2cccn2)nc2c1cnn2C1CCC(F)(F)CC1. The number of hydrogen-bond acceptors (Lipinski definition) is 4. The van der Waals surface area contributed by atoms with E-state index in [1.807, 2.05) is 0 Å². The zero-order chi connectivity index (χ0) is 21.6. The summed E-state index contributed by atoms with van der Waals surface area (Å²) in [6.45, 7) is 0. The molecule has 0 spiro atoms. The van der Waals surface area contributed by atoms with E-state index in [0.717, 1.165) is 0 Å². The van der Waals surface area contributed by atoms with E-state index in [0.29, 0.717) is 5.69 Å². The van der Waals surface area contributed by atoms with E-state index < -0.39 is 17.7 Å². The van der Waals surface area contributed by atoms with Crippen LogP contribution in [0.5, 0.6) is 0 Å². The van der Waals surface area contributed by atoms with Crippen LogP contribution >= 0.6 is 0 Å².